The van der Waals surface area contributed by atoms with Gasteiger partial charge in [-0.1, -0.05) is 13.3 Å². The van der Waals surface area contributed by atoms with Crippen molar-refractivity contribution in [2.45, 2.75) is 45.6 Å². The van der Waals surface area contributed by atoms with E-state index in [9.17, 15) is 0 Å². The van der Waals surface area contributed by atoms with E-state index in [2.05, 4.69) is 19.2 Å². The van der Waals surface area contributed by atoms with Gasteiger partial charge in [0.2, 0.25) is 0 Å². The molecule has 0 aromatic rings. The Morgan fingerprint density at radius 1 is 1.38 bits per heavy atom. The fourth-order valence-electron chi connectivity index (χ4n) is 2.19. The molecule has 3 N–H and O–H groups in total. The van der Waals surface area contributed by atoms with Crippen LogP contribution in [0, 0.1) is 11.8 Å². The molecule has 0 amide bonds. The molecule has 3 unspecified atom stereocenters. The van der Waals surface area contributed by atoms with Crippen LogP contribution in [0.5, 0.6) is 0 Å². The second kappa shape index (κ2) is 5.61. The summed E-state index contributed by atoms with van der Waals surface area (Å²) in [5.41, 5.74) is 5.74. The molecule has 0 saturated heterocycles. The van der Waals surface area contributed by atoms with Gasteiger partial charge in [0.25, 0.3) is 0 Å². The van der Waals surface area contributed by atoms with Gasteiger partial charge in [-0.15, -0.1) is 0 Å². The SMILES string of the molecule is CCC(C)NCC1CCCC1CN. The summed E-state index contributed by atoms with van der Waals surface area (Å²) >= 11 is 0. The molecule has 1 saturated carbocycles. The molecule has 1 aliphatic carbocycles. The number of nitrogens with two attached hydrogens (primary N) is 1. The Bertz CT molecular complexity index is 136. The molecule has 0 heterocycles. The molecule has 0 aromatic carbocycles. The molecule has 0 aliphatic heterocycles. The zero-order valence-electron chi connectivity index (χ0n) is 9.05. The van der Waals surface area contributed by atoms with Crippen LogP contribution < -0.4 is 11.1 Å². The van der Waals surface area contributed by atoms with Crippen molar-refractivity contribution >= 4 is 0 Å². The minimum Gasteiger partial charge on any atom is -0.330 e. The smallest absolute Gasteiger partial charge is 0.00362 e. The van der Waals surface area contributed by atoms with Gasteiger partial charge in [0, 0.05) is 6.04 Å². The summed E-state index contributed by atoms with van der Waals surface area (Å²) in [5.74, 6) is 1.63. The van der Waals surface area contributed by atoms with Crippen molar-refractivity contribution < 1.29 is 0 Å². The molecular weight excluding hydrogens is 160 g/mol. The number of rotatable bonds is 5. The van der Waals surface area contributed by atoms with E-state index in [0.29, 0.717) is 6.04 Å². The Morgan fingerprint density at radius 3 is 2.69 bits per heavy atom. The largest absolute Gasteiger partial charge is 0.330 e. The highest BCUT2D eigenvalue weighted by Crippen LogP contribution is 2.30. The maximum atomic E-state index is 5.74. The third-order valence-electron chi connectivity index (χ3n) is 3.46. The van der Waals surface area contributed by atoms with E-state index < -0.39 is 0 Å². The van der Waals surface area contributed by atoms with E-state index in [0.717, 1.165) is 18.4 Å². The van der Waals surface area contributed by atoms with Gasteiger partial charge in [-0.3, -0.25) is 0 Å². The van der Waals surface area contributed by atoms with Gasteiger partial charge < -0.3 is 11.1 Å². The van der Waals surface area contributed by atoms with Crippen LogP contribution in [0.25, 0.3) is 0 Å². The second-order valence-electron chi connectivity index (χ2n) is 4.40. The zero-order chi connectivity index (χ0) is 9.68. The quantitative estimate of drug-likeness (QED) is 0.683. The average Bonchev–Trinajstić information content (AvgIpc) is 2.61. The molecule has 0 bridgehead atoms. The summed E-state index contributed by atoms with van der Waals surface area (Å²) in [5, 5.41) is 3.58. The molecule has 1 rings (SSSR count). The summed E-state index contributed by atoms with van der Waals surface area (Å²) in [6, 6.07) is 0.666. The summed E-state index contributed by atoms with van der Waals surface area (Å²) in [4.78, 5) is 0. The lowest BCUT2D eigenvalue weighted by Gasteiger charge is -2.20. The lowest BCUT2D eigenvalue weighted by molar-refractivity contribution is 0.355. The number of nitrogens with one attached hydrogen (secondary N) is 1. The predicted molar refractivity (Wildman–Crippen MR) is 57.6 cm³/mol. The summed E-state index contributed by atoms with van der Waals surface area (Å²) in [6.45, 7) is 6.54. The van der Waals surface area contributed by atoms with E-state index >= 15 is 0 Å². The van der Waals surface area contributed by atoms with Crippen molar-refractivity contribution in [3.63, 3.8) is 0 Å². The lowest BCUT2D eigenvalue weighted by atomic mass is 9.96. The van der Waals surface area contributed by atoms with E-state index in [4.69, 9.17) is 5.73 Å². The Hall–Kier alpha value is -0.0800. The van der Waals surface area contributed by atoms with Crippen LogP contribution >= 0.6 is 0 Å². The minimum atomic E-state index is 0.666. The van der Waals surface area contributed by atoms with Gasteiger partial charge in [0.05, 0.1) is 0 Å². The molecule has 1 fully saturated rings. The van der Waals surface area contributed by atoms with Crippen LogP contribution in [0.15, 0.2) is 0 Å². The van der Waals surface area contributed by atoms with Crippen molar-refractivity contribution in [3.05, 3.63) is 0 Å². The summed E-state index contributed by atoms with van der Waals surface area (Å²) in [6.07, 6.45) is 5.34. The topological polar surface area (TPSA) is 38.0 Å². The van der Waals surface area contributed by atoms with Crippen LogP contribution in [0.1, 0.15) is 39.5 Å². The van der Waals surface area contributed by atoms with Crippen LogP contribution in [0.3, 0.4) is 0 Å². The monoisotopic (exact) mass is 184 g/mol. The van der Waals surface area contributed by atoms with Gasteiger partial charge in [-0.2, -0.15) is 0 Å². The Labute approximate surface area is 82.3 Å². The van der Waals surface area contributed by atoms with E-state index in [1.807, 2.05) is 0 Å². The Balaban J connectivity index is 2.19. The first-order valence-electron chi connectivity index (χ1n) is 5.71. The van der Waals surface area contributed by atoms with Crippen molar-refractivity contribution in [1.82, 2.24) is 5.32 Å². The first-order valence-corrected chi connectivity index (χ1v) is 5.71. The normalized spacial score (nSPS) is 30.7. The molecular formula is C11H24N2. The molecule has 0 spiro atoms. The molecule has 3 atom stereocenters. The highest BCUT2D eigenvalue weighted by atomic mass is 14.9. The van der Waals surface area contributed by atoms with Crippen molar-refractivity contribution in [2.24, 2.45) is 17.6 Å². The fourth-order valence-corrected chi connectivity index (χ4v) is 2.19. The zero-order valence-corrected chi connectivity index (χ0v) is 9.05. The van der Waals surface area contributed by atoms with Gasteiger partial charge >= 0.3 is 0 Å². The highest BCUT2D eigenvalue weighted by Gasteiger charge is 2.25. The Morgan fingerprint density at radius 2 is 2.08 bits per heavy atom. The van der Waals surface area contributed by atoms with Crippen molar-refractivity contribution in [1.29, 1.82) is 0 Å². The van der Waals surface area contributed by atoms with Gasteiger partial charge in [0.1, 0.15) is 0 Å². The maximum absolute atomic E-state index is 5.74. The van der Waals surface area contributed by atoms with Crippen LogP contribution in [-0.4, -0.2) is 19.1 Å². The number of hydrogen-bond acceptors (Lipinski definition) is 2. The third-order valence-corrected chi connectivity index (χ3v) is 3.46. The summed E-state index contributed by atoms with van der Waals surface area (Å²) < 4.78 is 0. The van der Waals surface area contributed by atoms with E-state index in [1.165, 1.54) is 32.2 Å². The average molecular weight is 184 g/mol. The van der Waals surface area contributed by atoms with E-state index in [1.54, 1.807) is 0 Å². The minimum absolute atomic E-state index is 0.666. The molecule has 2 heteroatoms. The van der Waals surface area contributed by atoms with Crippen molar-refractivity contribution in [3.8, 4) is 0 Å². The first-order chi connectivity index (χ1) is 6.27. The summed E-state index contributed by atoms with van der Waals surface area (Å²) in [7, 11) is 0. The third kappa shape index (κ3) is 3.28. The predicted octanol–water partition coefficient (Wildman–Crippen LogP) is 1.75. The molecule has 1 aliphatic rings. The molecule has 0 aromatic heterocycles. The fraction of sp³-hybridized carbons (Fsp3) is 1.00. The highest BCUT2D eigenvalue weighted by molar-refractivity contribution is 4.80. The van der Waals surface area contributed by atoms with Gasteiger partial charge in [0.15, 0.2) is 0 Å². The van der Waals surface area contributed by atoms with E-state index in [-0.39, 0.29) is 0 Å². The van der Waals surface area contributed by atoms with Crippen LogP contribution in [-0.2, 0) is 0 Å². The lowest BCUT2D eigenvalue weighted by Crippen LogP contribution is -2.33. The maximum Gasteiger partial charge on any atom is 0.00362 e. The molecule has 13 heavy (non-hydrogen) atoms. The number of hydrogen-bond donors (Lipinski definition) is 2. The first kappa shape index (κ1) is 11.0. The molecule has 2 nitrogen and oxygen atoms in total. The van der Waals surface area contributed by atoms with Crippen molar-refractivity contribution in [2.75, 3.05) is 13.1 Å². The standard InChI is InChI=1S/C11H24N2/c1-3-9(2)13-8-11-6-4-5-10(11)7-12/h9-11,13H,3-8,12H2,1-2H3. The van der Waals surface area contributed by atoms with Gasteiger partial charge in [-0.05, 0) is 51.1 Å². The second-order valence-corrected chi connectivity index (χ2v) is 4.40. The molecule has 78 valence electrons. The van der Waals surface area contributed by atoms with Crippen LogP contribution in [0.4, 0.5) is 0 Å². The van der Waals surface area contributed by atoms with Gasteiger partial charge in [-0.25, -0.2) is 0 Å². The Kier molecular flexibility index (Phi) is 4.74. The molecule has 0 radical (unpaired) electrons. The van der Waals surface area contributed by atoms with Crippen LogP contribution in [0.2, 0.25) is 0 Å².